The molecule has 0 aliphatic rings. The van der Waals surface area contributed by atoms with Crippen LogP contribution in [0.25, 0.3) is 0 Å². The SMILES string of the molecule is CCCNc1cc(N(C)CCOC)nc(N)n1. The fourth-order valence-electron chi connectivity index (χ4n) is 1.33. The van der Waals surface area contributed by atoms with Gasteiger partial charge in [0.1, 0.15) is 11.6 Å². The lowest BCUT2D eigenvalue weighted by molar-refractivity contribution is 0.206. The molecule has 17 heavy (non-hydrogen) atoms. The van der Waals surface area contributed by atoms with Crippen LogP contribution in [0.1, 0.15) is 13.3 Å². The Labute approximate surface area is 102 Å². The van der Waals surface area contributed by atoms with Crippen LogP contribution in [-0.2, 0) is 4.74 Å². The predicted molar refractivity (Wildman–Crippen MR) is 70.4 cm³/mol. The molecule has 1 aromatic rings. The van der Waals surface area contributed by atoms with Gasteiger partial charge < -0.3 is 20.7 Å². The van der Waals surface area contributed by atoms with Gasteiger partial charge in [0, 0.05) is 33.3 Å². The Morgan fingerprint density at radius 2 is 2.24 bits per heavy atom. The molecule has 0 unspecified atom stereocenters. The number of likely N-dealkylation sites (N-methyl/N-ethyl adjacent to an activating group) is 1. The monoisotopic (exact) mass is 239 g/mol. The van der Waals surface area contributed by atoms with E-state index in [1.165, 1.54) is 0 Å². The molecular weight excluding hydrogens is 218 g/mol. The van der Waals surface area contributed by atoms with Gasteiger partial charge in [0.15, 0.2) is 0 Å². The summed E-state index contributed by atoms with van der Waals surface area (Å²) in [6.45, 7) is 4.39. The van der Waals surface area contributed by atoms with Gasteiger partial charge in [0.25, 0.3) is 0 Å². The zero-order valence-corrected chi connectivity index (χ0v) is 10.7. The van der Waals surface area contributed by atoms with Gasteiger partial charge in [-0.05, 0) is 6.42 Å². The molecule has 6 heteroatoms. The second kappa shape index (κ2) is 6.90. The number of aromatic nitrogens is 2. The highest BCUT2D eigenvalue weighted by Crippen LogP contribution is 2.15. The minimum atomic E-state index is 0.283. The Morgan fingerprint density at radius 3 is 2.88 bits per heavy atom. The molecular formula is C11H21N5O. The quantitative estimate of drug-likeness (QED) is 0.738. The van der Waals surface area contributed by atoms with E-state index >= 15 is 0 Å². The number of nitrogen functional groups attached to an aromatic ring is 1. The summed E-state index contributed by atoms with van der Waals surface area (Å²) in [5.41, 5.74) is 5.68. The number of rotatable bonds is 7. The van der Waals surface area contributed by atoms with Crippen LogP contribution < -0.4 is 16.0 Å². The number of nitrogens with one attached hydrogen (secondary N) is 1. The van der Waals surface area contributed by atoms with Crippen molar-refractivity contribution in [3.05, 3.63) is 6.07 Å². The molecule has 0 aromatic carbocycles. The number of nitrogens with zero attached hydrogens (tertiary/aromatic N) is 3. The highest BCUT2D eigenvalue weighted by atomic mass is 16.5. The first-order valence-corrected chi connectivity index (χ1v) is 5.76. The third-order valence-electron chi connectivity index (χ3n) is 2.31. The van der Waals surface area contributed by atoms with E-state index in [1.54, 1.807) is 7.11 Å². The zero-order chi connectivity index (χ0) is 12.7. The minimum absolute atomic E-state index is 0.283. The molecule has 96 valence electrons. The van der Waals surface area contributed by atoms with Crippen molar-refractivity contribution in [2.75, 3.05) is 49.8 Å². The van der Waals surface area contributed by atoms with Crippen molar-refractivity contribution in [2.45, 2.75) is 13.3 Å². The first-order chi connectivity index (χ1) is 8.17. The maximum atomic E-state index is 5.68. The maximum absolute atomic E-state index is 5.68. The van der Waals surface area contributed by atoms with E-state index in [4.69, 9.17) is 10.5 Å². The highest BCUT2D eigenvalue weighted by molar-refractivity contribution is 5.52. The van der Waals surface area contributed by atoms with E-state index in [1.807, 2.05) is 18.0 Å². The van der Waals surface area contributed by atoms with Crippen molar-refractivity contribution in [1.82, 2.24) is 9.97 Å². The number of methoxy groups -OCH3 is 1. The fraction of sp³-hybridized carbons (Fsp3) is 0.636. The van der Waals surface area contributed by atoms with Crippen molar-refractivity contribution < 1.29 is 4.74 Å². The van der Waals surface area contributed by atoms with E-state index in [9.17, 15) is 0 Å². The lowest BCUT2D eigenvalue weighted by atomic mass is 10.4. The van der Waals surface area contributed by atoms with E-state index in [-0.39, 0.29) is 5.95 Å². The Hall–Kier alpha value is -1.56. The number of ether oxygens (including phenoxy) is 1. The molecule has 0 bridgehead atoms. The summed E-state index contributed by atoms with van der Waals surface area (Å²) in [5, 5.41) is 3.20. The van der Waals surface area contributed by atoms with Gasteiger partial charge in [-0.2, -0.15) is 9.97 Å². The second-order valence-electron chi connectivity index (χ2n) is 3.81. The average molecular weight is 239 g/mol. The Balaban J connectivity index is 2.73. The van der Waals surface area contributed by atoms with Gasteiger partial charge in [0.05, 0.1) is 6.61 Å². The molecule has 3 N–H and O–H groups in total. The Morgan fingerprint density at radius 1 is 1.47 bits per heavy atom. The first kappa shape index (κ1) is 13.5. The van der Waals surface area contributed by atoms with E-state index in [0.717, 1.165) is 31.1 Å². The molecule has 0 aliphatic heterocycles. The molecule has 1 heterocycles. The highest BCUT2D eigenvalue weighted by Gasteiger charge is 2.06. The maximum Gasteiger partial charge on any atom is 0.223 e. The topological polar surface area (TPSA) is 76.3 Å². The molecule has 6 nitrogen and oxygen atoms in total. The van der Waals surface area contributed by atoms with Crippen molar-refractivity contribution in [3.63, 3.8) is 0 Å². The molecule has 1 aromatic heterocycles. The van der Waals surface area contributed by atoms with Crippen molar-refractivity contribution in [2.24, 2.45) is 0 Å². The van der Waals surface area contributed by atoms with Crippen LogP contribution in [0.3, 0.4) is 0 Å². The zero-order valence-electron chi connectivity index (χ0n) is 10.7. The number of hydrogen-bond acceptors (Lipinski definition) is 6. The molecule has 0 fully saturated rings. The summed E-state index contributed by atoms with van der Waals surface area (Å²) in [6.07, 6.45) is 1.04. The van der Waals surface area contributed by atoms with E-state index < -0.39 is 0 Å². The third-order valence-corrected chi connectivity index (χ3v) is 2.31. The summed E-state index contributed by atoms with van der Waals surface area (Å²) < 4.78 is 5.03. The van der Waals surface area contributed by atoms with Crippen molar-refractivity contribution >= 4 is 17.6 Å². The van der Waals surface area contributed by atoms with E-state index in [2.05, 4.69) is 22.2 Å². The molecule has 0 amide bonds. The lowest BCUT2D eigenvalue weighted by Gasteiger charge is -2.18. The summed E-state index contributed by atoms with van der Waals surface area (Å²) in [6, 6.07) is 1.89. The normalized spacial score (nSPS) is 10.3. The number of hydrogen-bond donors (Lipinski definition) is 2. The van der Waals surface area contributed by atoms with Gasteiger partial charge in [-0.3, -0.25) is 0 Å². The first-order valence-electron chi connectivity index (χ1n) is 5.76. The van der Waals surface area contributed by atoms with Crippen molar-refractivity contribution in [1.29, 1.82) is 0 Å². The average Bonchev–Trinajstić information content (AvgIpc) is 2.32. The second-order valence-corrected chi connectivity index (χ2v) is 3.81. The van der Waals surface area contributed by atoms with Gasteiger partial charge in [0.2, 0.25) is 5.95 Å². The summed E-state index contributed by atoms with van der Waals surface area (Å²) in [7, 11) is 3.63. The van der Waals surface area contributed by atoms with Crippen LogP contribution in [0, 0.1) is 0 Å². The summed E-state index contributed by atoms with van der Waals surface area (Å²) in [5.74, 6) is 1.84. The fourth-order valence-corrected chi connectivity index (χ4v) is 1.33. The molecule has 0 radical (unpaired) electrons. The number of anilines is 3. The largest absolute Gasteiger partial charge is 0.383 e. The Bertz CT molecular complexity index is 345. The van der Waals surface area contributed by atoms with Crippen LogP contribution in [0.5, 0.6) is 0 Å². The third kappa shape index (κ3) is 4.44. The van der Waals surface area contributed by atoms with Gasteiger partial charge >= 0.3 is 0 Å². The minimum Gasteiger partial charge on any atom is -0.383 e. The van der Waals surface area contributed by atoms with Gasteiger partial charge in [-0.25, -0.2) is 0 Å². The molecule has 0 spiro atoms. The number of nitrogens with two attached hydrogens (primary N) is 1. The summed E-state index contributed by atoms with van der Waals surface area (Å²) >= 11 is 0. The molecule has 1 rings (SSSR count). The van der Waals surface area contributed by atoms with Crippen LogP contribution in [0.2, 0.25) is 0 Å². The van der Waals surface area contributed by atoms with Gasteiger partial charge in [-0.1, -0.05) is 6.92 Å². The lowest BCUT2D eigenvalue weighted by Crippen LogP contribution is -2.23. The standard InChI is InChI=1S/C11H21N5O/c1-4-5-13-9-8-10(15-11(12)14-9)16(2)6-7-17-3/h8H,4-7H2,1-3H3,(H3,12,13,14,15). The summed E-state index contributed by atoms with van der Waals surface area (Å²) in [4.78, 5) is 10.3. The van der Waals surface area contributed by atoms with Crippen LogP contribution in [0.15, 0.2) is 6.07 Å². The molecule has 0 saturated heterocycles. The van der Waals surface area contributed by atoms with Gasteiger partial charge in [-0.15, -0.1) is 0 Å². The van der Waals surface area contributed by atoms with Crippen LogP contribution in [0.4, 0.5) is 17.6 Å². The Kier molecular flexibility index (Phi) is 5.48. The van der Waals surface area contributed by atoms with Crippen LogP contribution in [-0.4, -0.2) is 43.8 Å². The van der Waals surface area contributed by atoms with Crippen LogP contribution >= 0.6 is 0 Å². The van der Waals surface area contributed by atoms with Crippen molar-refractivity contribution in [3.8, 4) is 0 Å². The molecule has 0 saturated carbocycles. The predicted octanol–water partition coefficient (Wildman–Crippen LogP) is 0.963. The van der Waals surface area contributed by atoms with E-state index in [0.29, 0.717) is 6.61 Å². The molecule has 0 aliphatic carbocycles. The smallest absolute Gasteiger partial charge is 0.223 e. The molecule has 0 atom stereocenters.